The van der Waals surface area contributed by atoms with Crippen molar-refractivity contribution in [2.24, 2.45) is 5.92 Å². The van der Waals surface area contributed by atoms with E-state index in [1.165, 1.54) is 33.4 Å². The van der Waals surface area contributed by atoms with E-state index in [0.29, 0.717) is 9.54 Å². The second kappa shape index (κ2) is 12.0. The summed E-state index contributed by atoms with van der Waals surface area (Å²) < 4.78 is 3.95. The largest absolute Gasteiger partial charge is 1.00 e. The number of allylic oxidation sites excluding steroid dienone is 4. The Labute approximate surface area is 263 Å². The van der Waals surface area contributed by atoms with Gasteiger partial charge in [0.1, 0.15) is 0 Å². The summed E-state index contributed by atoms with van der Waals surface area (Å²) in [7, 11) is 0. The summed E-state index contributed by atoms with van der Waals surface area (Å²) in [4.78, 5) is 0. The van der Waals surface area contributed by atoms with Crippen molar-refractivity contribution >= 4 is 3.21 Å². The number of hydrogen-bond donors (Lipinski definition) is 0. The molecule has 0 saturated carbocycles. The van der Waals surface area contributed by atoms with Crippen LogP contribution in [0.3, 0.4) is 0 Å². The number of fused-ring (bicyclic) bond motifs is 3. The van der Waals surface area contributed by atoms with E-state index in [0.717, 1.165) is 0 Å². The molecule has 210 valence electrons. The molecule has 0 bridgehead atoms. The van der Waals surface area contributed by atoms with E-state index < -0.39 is 21.3 Å². The molecule has 1 unspecified atom stereocenters. The zero-order valence-electron chi connectivity index (χ0n) is 25.8. The molecular weight excluding hydrogens is 607 g/mol. The number of rotatable bonds is 3. The Morgan fingerprint density at radius 2 is 1.18 bits per heavy atom. The van der Waals surface area contributed by atoms with Crippen molar-refractivity contribution in [1.82, 2.24) is 0 Å². The second-order valence-corrected chi connectivity index (χ2v) is 20.2. The van der Waals surface area contributed by atoms with E-state index in [-0.39, 0.29) is 35.6 Å². The van der Waals surface area contributed by atoms with Gasteiger partial charge in [-0.05, 0) is 0 Å². The van der Waals surface area contributed by atoms with Crippen LogP contribution in [-0.4, -0.2) is 3.21 Å². The molecule has 0 nitrogen and oxygen atoms in total. The predicted molar refractivity (Wildman–Crippen MR) is 163 cm³/mol. The molecule has 0 saturated heterocycles. The molecular formula is C37H44Cl2Zr. The van der Waals surface area contributed by atoms with Gasteiger partial charge in [0.25, 0.3) is 0 Å². The van der Waals surface area contributed by atoms with Crippen molar-refractivity contribution in [2.75, 3.05) is 0 Å². The Bertz CT molecular complexity index is 1440. The van der Waals surface area contributed by atoms with Gasteiger partial charge >= 0.3 is 240 Å². The Morgan fingerprint density at radius 3 is 1.57 bits per heavy atom. The molecule has 3 heteroatoms. The quantitative estimate of drug-likeness (QED) is 0.401. The van der Waals surface area contributed by atoms with Gasteiger partial charge < -0.3 is 24.8 Å². The van der Waals surface area contributed by atoms with Gasteiger partial charge in [-0.15, -0.1) is 0 Å². The maximum Gasteiger partial charge on any atom is -1.00 e. The van der Waals surface area contributed by atoms with Gasteiger partial charge in [0.2, 0.25) is 0 Å². The van der Waals surface area contributed by atoms with Crippen LogP contribution in [0.1, 0.15) is 101 Å². The smallest absolute Gasteiger partial charge is 1.00 e. The van der Waals surface area contributed by atoms with Gasteiger partial charge in [0, 0.05) is 0 Å². The molecule has 3 aromatic rings. The summed E-state index contributed by atoms with van der Waals surface area (Å²) in [5.41, 5.74) is 13.7. The van der Waals surface area contributed by atoms with E-state index in [9.17, 15) is 0 Å². The SMILES string of the molecule is CC1=CC(C)[C](/[Zr+2](=[C](\C)c2ccccc2)[CH]2c3ccc(C(C)(C)C)cc3-c3cc(C(C)(C)C)ccc32)=C1C.[Cl-].[Cl-]. The molecule has 0 N–H and O–H groups in total. The first-order valence-corrected chi connectivity index (χ1v) is 18.1. The average Bonchev–Trinajstić information content (AvgIpc) is 3.31. The fourth-order valence-electron chi connectivity index (χ4n) is 6.50. The Morgan fingerprint density at radius 1 is 0.700 bits per heavy atom. The van der Waals surface area contributed by atoms with Crippen molar-refractivity contribution < 1.29 is 46.1 Å². The summed E-state index contributed by atoms with van der Waals surface area (Å²) in [6.07, 6.45) is 2.52. The molecule has 0 aromatic heterocycles. The third-order valence-corrected chi connectivity index (χ3v) is 18.0. The van der Waals surface area contributed by atoms with Crippen LogP contribution in [0.2, 0.25) is 0 Å². The Hall–Kier alpha value is -1.53. The molecule has 3 aromatic carbocycles. The standard InChI is InChI=1S/C21H25.C8H11.C8H8.2ClH.Zr/c1-20(2,3)16-9-7-14-11-15-8-10-17(21(4,5)6)13-19(15)18(14)12-16;1-6-4-7(2)8(3)5-6;1-2-8-6-4-3-5-7-8;;;/h7-13H,1-6H3;4,6H,1-3H3;3-7H,1H3;2*1H;/q;;;;;+2/p-2. The van der Waals surface area contributed by atoms with Crippen LogP contribution in [-0.2, 0) is 32.1 Å². The summed E-state index contributed by atoms with van der Waals surface area (Å²) in [5.74, 6) is 0.526. The molecule has 0 aliphatic heterocycles. The summed E-state index contributed by atoms with van der Waals surface area (Å²) in [6.45, 7) is 23.7. The monoisotopic (exact) mass is 648 g/mol. The molecule has 2 aliphatic rings. The predicted octanol–water partition coefficient (Wildman–Crippen LogP) is 4.09. The minimum absolute atomic E-state index is 0. The molecule has 0 heterocycles. The zero-order valence-corrected chi connectivity index (χ0v) is 29.8. The molecule has 0 fully saturated rings. The molecule has 2 aliphatic carbocycles. The zero-order chi connectivity index (χ0) is 27.6. The van der Waals surface area contributed by atoms with E-state index in [1.54, 1.807) is 23.2 Å². The fraction of sp³-hybridized carbons (Fsp3) is 0.378. The summed E-state index contributed by atoms with van der Waals surface area (Å²) in [5, 5.41) is 0. The van der Waals surface area contributed by atoms with Crippen molar-refractivity contribution in [2.45, 2.75) is 83.7 Å². The first-order valence-electron chi connectivity index (χ1n) is 14.2. The van der Waals surface area contributed by atoms with Gasteiger partial charge in [-0.25, -0.2) is 0 Å². The third kappa shape index (κ3) is 5.86. The molecule has 0 radical (unpaired) electrons. The molecule has 0 amide bonds. The van der Waals surface area contributed by atoms with Crippen molar-refractivity contribution in [3.8, 4) is 11.1 Å². The van der Waals surface area contributed by atoms with Gasteiger partial charge in [0.05, 0.1) is 0 Å². The summed E-state index contributed by atoms with van der Waals surface area (Å²) in [6, 6.07) is 26.2. The minimum atomic E-state index is -2.48. The maximum absolute atomic E-state index is 2.53. The van der Waals surface area contributed by atoms with E-state index in [2.05, 4.69) is 142 Å². The number of halogens is 2. The topological polar surface area (TPSA) is 0 Å². The maximum atomic E-state index is 2.53. The minimum Gasteiger partial charge on any atom is -1.00 e. The number of benzene rings is 3. The molecule has 5 rings (SSSR count). The number of hydrogen-bond acceptors (Lipinski definition) is 0. The van der Waals surface area contributed by atoms with Crippen LogP contribution in [0, 0.1) is 5.92 Å². The summed E-state index contributed by atoms with van der Waals surface area (Å²) >= 11 is -2.48. The van der Waals surface area contributed by atoms with Crippen molar-refractivity contribution in [3.05, 3.63) is 115 Å². The first kappa shape index (κ1) is 33.0. The molecule has 1 atom stereocenters. The van der Waals surface area contributed by atoms with Gasteiger partial charge in [0.15, 0.2) is 0 Å². The molecule has 0 spiro atoms. The van der Waals surface area contributed by atoms with E-state index >= 15 is 0 Å². The van der Waals surface area contributed by atoms with Crippen LogP contribution in [0.25, 0.3) is 11.1 Å². The van der Waals surface area contributed by atoms with Crippen molar-refractivity contribution in [3.63, 3.8) is 0 Å². The van der Waals surface area contributed by atoms with Crippen LogP contribution < -0.4 is 24.8 Å². The van der Waals surface area contributed by atoms with Gasteiger partial charge in [-0.2, -0.15) is 0 Å². The van der Waals surface area contributed by atoms with Crippen molar-refractivity contribution in [1.29, 1.82) is 0 Å². The van der Waals surface area contributed by atoms with Crippen LogP contribution in [0.4, 0.5) is 0 Å². The van der Waals surface area contributed by atoms with Gasteiger partial charge in [-0.3, -0.25) is 0 Å². The van der Waals surface area contributed by atoms with E-state index in [1.807, 2.05) is 0 Å². The van der Waals surface area contributed by atoms with Gasteiger partial charge in [-0.1, -0.05) is 0 Å². The average molecular weight is 651 g/mol. The third-order valence-electron chi connectivity index (χ3n) is 8.89. The van der Waals surface area contributed by atoms with Crippen LogP contribution >= 0.6 is 0 Å². The van der Waals surface area contributed by atoms with Crippen LogP contribution in [0.5, 0.6) is 0 Å². The fourth-order valence-corrected chi connectivity index (χ4v) is 16.1. The van der Waals surface area contributed by atoms with Crippen LogP contribution in [0.15, 0.2) is 87.2 Å². The Kier molecular flexibility index (Phi) is 9.89. The first-order chi connectivity index (χ1) is 17.8. The molecule has 40 heavy (non-hydrogen) atoms. The van der Waals surface area contributed by atoms with E-state index in [4.69, 9.17) is 0 Å². The Balaban J connectivity index is 0.00000220. The normalized spacial score (nSPS) is 17.0. The second-order valence-electron chi connectivity index (χ2n) is 13.6.